The SMILES string of the molecule is COC(C(=O)O)c1csc(C(=O)O)n1. The first-order chi connectivity index (χ1) is 6.56. The summed E-state index contributed by atoms with van der Waals surface area (Å²) >= 11 is 0.865. The Morgan fingerprint density at radius 1 is 1.57 bits per heavy atom. The molecular formula is C7H7NO5S. The number of hydrogen-bond acceptors (Lipinski definition) is 5. The summed E-state index contributed by atoms with van der Waals surface area (Å²) in [4.78, 5) is 24.7. The van der Waals surface area contributed by atoms with Crippen LogP contribution in [0.15, 0.2) is 5.38 Å². The van der Waals surface area contributed by atoms with Crippen LogP contribution in [0, 0.1) is 0 Å². The first-order valence-electron chi connectivity index (χ1n) is 3.50. The number of carbonyl (C=O) groups is 2. The van der Waals surface area contributed by atoms with Crippen LogP contribution in [0.5, 0.6) is 0 Å². The second-order valence-electron chi connectivity index (χ2n) is 2.34. The van der Waals surface area contributed by atoms with E-state index in [1.54, 1.807) is 0 Å². The van der Waals surface area contributed by atoms with E-state index >= 15 is 0 Å². The van der Waals surface area contributed by atoms with Gasteiger partial charge in [-0.15, -0.1) is 11.3 Å². The predicted molar refractivity (Wildman–Crippen MR) is 46.5 cm³/mol. The summed E-state index contributed by atoms with van der Waals surface area (Å²) in [5, 5.41) is 18.4. The molecule has 0 aliphatic carbocycles. The fourth-order valence-electron chi connectivity index (χ4n) is 0.853. The Bertz CT molecular complexity index is 361. The number of aromatic nitrogens is 1. The van der Waals surface area contributed by atoms with E-state index in [2.05, 4.69) is 9.72 Å². The van der Waals surface area contributed by atoms with Crippen LogP contribution in [-0.4, -0.2) is 34.2 Å². The third-order valence-electron chi connectivity index (χ3n) is 1.43. The zero-order chi connectivity index (χ0) is 10.7. The van der Waals surface area contributed by atoms with Crippen molar-refractivity contribution in [3.05, 3.63) is 16.1 Å². The quantitative estimate of drug-likeness (QED) is 0.767. The van der Waals surface area contributed by atoms with E-state index in [1.807, 2.05) is 0 Å². The molecule has 0 aliphatic rings. The van der Waals surface area contributed by atoms with E-state index in [4.69, 9.17) is 10.2 Å². The van der Waals surface area contributed by atoms with Crippen molar-refractivity contribution in [1.82, 2.24) is 4.98 Å². The van der Waals surface area contributed by atoms with Gasteiger partial charge in [0.05, 0.1) is 5.69 Å². The summed E-state index contributed by atoms with van der Waals surface area (Å²) in [6.45, 7) is 0. The molecule has 1 aromatic rings. The summed E-state index contributed by atoms with van der Waals surface area (Å²) in [7, 11) is 1.22. The highest BCUT2D eigenvalue weighted by Crippen LogP contribution is 2.19. The highest BCUT2D eigenvalue weighted by molar-refractivity contribution is 7.11. The van der Waals surface area contributed by atoms with Crippen LogP contribution in [0.1, 0.15) is 21.6 Å². The molecule has 0 radical (unpaired) electrons. The molecule has 0 aromatic carbocycles. The summed E-state index contributed by atoms with van der Waals surface area (Å²) < 4.78 is 4.64. The van der Waals surface area contributed by atoms with Crippen molar-refractivity contribution in [2.75, 3.05) is 7.11 Å². The van der Waals surface area contributed by atoms with Gasteiger partial charge >= 0.3 is 11.9 Å². The standard InChI is InChI=1S/C7H7NO5S/c1-13-4(6(9)10)3-2-14-5(8-3)7(11)12/h2,4H,1H3,(H,9,10)(H,11,12). The molecule has 2 N–H and O–H groups in total. The minimum absolute atomic E-state index is 0.0994. The lowest BCUT2D eigenvalue weighted by Crippen LogP contribution is -2.14. The highest BCUT2D eigenvalue weighted by atomic mass is 32.1. The topological polar surface area (TPSA) is 96.7 Å². The van der Waals surface area contributed by atoms with Crippen molar-refractivity contribution < 1.29 is 24.5 Å². The van der Waals surface area contributed by atoms with Gasteiger partial charge in [0.2, 0.25) is 5.01 Å². The van der Waals surface area contributed by atoms with Gasteiger partial charge in [0.1, 0.15) is 0 Å². The Hall–Kier alpha value is -1.47. The molecule has 1 rings (SSSR count). The number of carboxylic acids is 2. The smallest absolute Gasteiger partial charge is 0.365 e. The molecular weight excluding hydrogens is 210 g/mol. The van der Waals surface area contributed by atoms with Gasteiger partial charge in [-0.3, -0.25) is 0 Å². The second kappa shape index (κ2) is 4.16. The number of rotatable bonds is 4. The summed E-state index contributed by atoms with van der Waals surface area (Å²) in [5.74, 6) is -2.38. The van der Waals surface area contributed by atoms with Crippen LogP contribution >= 0.6 is 11.3 Å². The molecule has 7 heteroatoms. The van der Waals surface area contributed by atoms with E-state index in [0.29, 0.717) is 0 Å². The van der Waals surface area contributed by atoms with Gasteiger partial charge in [-0.25, -0.2) is 14.6 Å². The molecule has 6 nitrogen and oxygen atoms in total. The maximum absolute atomic E-state index is 10.6. The third kappa shape index (κ3) is 2.06. The maximum atomic E-state index is 10.6. The molecule has 0 saturated heterocycles. The Morgan fingerprint density at radius 2 is 2.21 bits per heavy atom. The summed E-state index contributed by atoms with van der Waals surface area (Å²) in [5.41, 5.74) is 0.0994. The fraction of sp³-hybridized carbons (Fsp3) is 0.286. The average Bonchev–Trinajstić information content (AvgIpc) is 2.53. The Kier molecular flexibility index (Phi) is 3.15. The van der Waals surface area contributed by atoms with Crippen molar-refractivity contribution in [2.24, 2.45) is 0 Å². The fourth-order valence-corrected chi connectivity index (χ4v) is 1.52. The molecule has 0 aliphatic heterocycles. The molecule has 76 valence electrons. The summed E-state index contributed by atoms with van der Waals surface area (Å²) in [6, 6.07) is 0. The maximum Gasteiger partial charge on any atom is 0.365 e. The van der Waals surface area contributed by atoms with Crippen LogP contribution < -0.4 is 0 Å². The lowest BCUT2D eigenvalue weighted by Gasteiger charge is -2.05. The number of ether oxygens (including phenoxy) is 1. The molecule has 1 atom stereocenters. The number of hydrogen-bond donors (Lipinski definition) is 2. The first-order valence-corrected chi connectivity index (χ1v) is 4.38. The van der Waals surface area contributed by atoms with Gasteiger partial charge in [0.15, 0.2) is 6.10 Å². The van der Waals surface area contributed by atoms with Crippen LogP contribution in [-0.2, 0) is 9.53 Å². The van der Waals surface area contributed by atoms with E-state index < -0.39 is 18.0 Å². The van der Waals surface area contributed by atoms with Crippen molar-refractivity contribution in [3.8, 4) is 0 Å². The minimum atomic E-state index is -1.21. The molecule has 1 heterocycles. The zero-order valence-electron chi connectivity index (χ0n) is 7.13. The molecule has 0 spiro atoms. The van der Waals surface area contributed by atoms with Crippen molar-refractivity contribution in [3.63, 3.8) is 0 Å². The van der Waals surface area contributed by atoms with E-state index in [1.165, 1.54) is 12.5 Å². The Balaban J connectivity index is 2.95. The average molecular weight is 217 g/mol. The molecule has 0 fully saturated rings. The number of carboxylic acid groups (broad SMARTS) is 2. The molecule has 14 heavy (non-hydrogen) atoms. The number of methoxy groups -OCH3 is 1. The minimum Gasteiger partial charge on any atom is -0.479 e. The predicted octanol–water partition coefficient (Wildman–Crippen LogP) is 0.613. The monoisotopic (exact) mass is 217 g/mol. The second-order valence-corrected chi connectivity index (χ2v) is 3.19. The van der Waals surface area contributed by atoms with Crippen molar-refractivity contribution in [1.29, 1.82) is 0 Å². The van der Waals surface area contributed by atoms with Gasteiger partial charge in [0, 0.05) is 12.5 Å². The van der Waals surface area contributed by atoms with Gasteiger partial charge in [-0.1, -0.05) is 0 Å². The number of nitrogens with zero attached hydrogens (tertiary/aromatic N) is 1. The normalized spacial score (nSPS) is 12.4. The first kappa shape index (κ1) is 10.6. The lowest BCUT2D eigenvalue weighted by molar-refractivity contribution is -0.149. The van der Waals surface area contributed by atoms with Gasteiger partial charge in [0.25, 0.3) is 0 Å². The van der Waals surface area contributed by atoms with Gasteiger partial charge in [-0.05, 0) is 0 Å². The van der Waals surface area contributed by atoms with Crippen molar-refractivity contribution >= 4 is 23.3 Å². The highest BCUT2D eigenvalue weighted by Gasteiger charge is 2.23. The van der Waals surface area contributed by atoms with Crippen LogP contribution in [0.2, 0.25) is 0 Å². The van der Waals surface area contributed by atoms with Crippen LogP contribution in [0.4, 0.5) is 0 Å². The molecule has 0 bridgehead atoms. The lowest BCUT2D eigenvalue weighted by atomic mass is 10.3. The number of aliphatic carboxylic acids is 1. The molecule has 0 saturated carbocycles. The summed E-state index contributed by atoms with van der Waals surface area (Å²) in [6.07, 6.45) is -1.21. The van der Waals surface area contributed by atoms with Gasteiger partial charge in [-0.2, -0.15) is 0 Å². The Labute approximate surface area is 82.8 Å². The molecule has 1 unspecified atom stereocenters. The van der Waals surface area contributed by atoms with Crippen LogP contribution in [0.25, 0.3) is 0 Å². The van der Waals surface area contributed by atoms with Gasteiger partial charge < -0.3 is 14.9 Å². The number of aromatic carboxylic acids is 1. The van der Waals surface area contributed by atoms with E-state index in [9.17, 15) is 9.59 Å². The number of thiazole rings is 1. The van der Waals surface area contributed by atoms with Crippen LogP contribution in [0.3, 0.4) is 0 Å². The molecule has 0 amide bonds. The third-order valence-corrected chi connectivity index (χ3v) is 2.28. The van der Waals surface area contributed by atoms with E-state index in [0.717, 1.165) is 11.3 Å². The Morgan fingerprint density at radius 3 is 2.57 bits per heavy atom. The van der Waals surface area contributed by atoms with Crippen molar-refractivity contribution in [2.45, 2.75) is 6.10 Å². The largest absolute Gasteiger partial charge is 0.479 e. The van der Waals surface area contributed by atoms with E-state index in [-0.39, 0.29) is 10.7 Å². The molecule has 1 aromatic heterocycles. The zero-order valence-corrected chi connectivity index (χ0v) is 7.95.